The van der Waals surface area contributed by atoms with Crippen LogP contribution in [0.25, 0.3) is 0 Å². The molecule has 0 aromatic rings. The lowest BCUT2D eigenvalue weighted by molar-refractivity contribution is -0.149. The fraction of sp³-hybridized carbons (Fsp3) is 0.750. The molecule has 20 heavy (non-hydrogen) atoms. The third-order valence-corrected chi connectivity index (χ3v) is 6.11. The van der Waals surface area contributed by atoms with Gasteiger partial charge in [0, 0.05) is 11.8 Å². The van der Waals surface area contributed by atoms with Gasteiger partial charge in [-0.05, 0) is 50.4 Å². The van der Waals surface area contributed by atoms with Crippen molar-refractivity contribution in [2.24, 2.45) is 35.5 Å². The predicted octanol–water partition coefficient (Wildman–Crippen LogP) is 1.35. The van der Waals surface area contributed by atoms with Gasteiger partial charge in [0.15, 0.2) is 0 Å². The fourth-order valence-electron chi connectivity index (χ4n) is 5.12. The maximum atomic E-state index is 12.4. The Morgan fingerprint density at radius 1 is 0.700 bits per heavy atom. The lowest BCUT2D eigenvalue weighted by Gasteiger charge is -2.23. The van der Waals surface area contributed by atoms with Gasteiger partial charge in [-0.2, -0.15) is 0 Å². The lowest BCUT2D eigenvalue weighted by Crippen LogP contribution is -2.41. The third kappa shape index (κ3) is 1.48. The average molecular weight is 274 g/mol. The SMILES string of the molecule is O=C(C(=O)C1C(=O)C2CCC1C2)C1C(=O)C2CCC1C2. The molecule has 6 unspecified atom stereocenters. The monoisotopic (exact) mass is 274 g/mol. The summed E-state index contributed by atoms with van der Waals surface area (Å²) in [5.41, 5.74) is 0. The quantitative estimate of drug-likeness (QED) is 0.575. The van der Waals surface area contributed by atoms with Gasteiger partial charge in [0.25, 0.3) is 0 Å². The predicted molar refractivity (Wildman–Crippen MR) is 68.7 cm³/mol. The van der Waals surface area contributed by atoms with Gasteiger partial charge in [-0.3, -0.25) is 19.2 Å². The van der Waals surface area contributed by atoms with Gasteiger partial charge in [0.05, 0.1) is 11.8 Å². The first-order valence-electron chi connectivity index (χ1n) is 7.73. The number of carbonyl (C=O) groups excluding carboxylic acids is 4. The second-order valence-corrected chi connectivity index (χ2v) is 7.03. The molecule has 106 valence electrons. The summed E-state index contributed by atoms with van der Waals surface area (Å²) in [5, 5.41) is 0. The van der Waals surface area contributed by atoms with Crippen molar-refractivity contribution in [1.29, 1.82) is 0 Å². The average Bonchev–Trinajstić information content (AvgIpc) is 3.16. The Morgan fingerprint density at radius 2 is 1.10 bits per heavy atom. The Morgan fingerprint density at radius 3 is 1.40 bits per heavy atom. The molecule has 4 nitrogen and oxygen atoms in total. The second kappa shape index (κ2) is 4.09. The molecule has 0 radical (unpaired) electrons. The maximum absolute atomic E-state index is 12.4. The van der Waals surface area contributed by atoms with Gasteiger partial charge >= 0.3 is 0 Å². The van der Waals surface area contributed by atoms with Crippen LogP contribution >= 0.6 is 0 Å². The van der Waals surface area contributed by atoms with E-state index in [9.17, 15) is 19.2 Å². The molecule has 4 aliphatic rings. The molecule has 6 atom stereocenters. The van der Waals surface area contributed by atoms with E-state index in [0.717, 1.165) is 38.5 Å². The summed E-state index contributed by atoms with van der Waals surface area (Å²) in [7, 11) is 0. The van der Waals surface area contributed by atoms with E-state index in [4.69, 9.17) is 0 Å². The Bertz CT molecular complexity index is 487. The van der Waals surface area contributed by atoms with Crippen molar-refractivity contribution < 1.29 is 19.2 Å². The minimum Gasteiger partial charge on any atom is -0.299 e. The molecule has 0 spiro atoms. The smallest absolute Gasteiger partial charge is 0.209 e. The first kappa shape index (κ1) is 12.4. The molecule has 0 aliphatic heterocycles. The topological polar surface area (TPSA) is 68.3 Å². The lowest BCUT2D eigenvalue weighted by atomic mass is 9.77. The van der Waals surface area contributed by atoms with Gasteiger partial charge < -0.3 is 0 Å². The molecule has 0 aromatic heterocycles. The van der Waals surface area contributed by atoms with Crippen molar-refractivity contribution in [3.8, 4) is 0 Å². The number of Topliss-reactive ketones (excluding diaryl/α,β-unsaturated/α-hetero) is 4. The summed E-state index contributed by atoms with van der Waals surface area (Å²) in [6.07, 6.45) is 5.04. The molecule has 4 rings (SSSR count). The highest BCUT2D eigenvalue weighted by Crippen LogP contribution is 2.49. The molecule has 0 N–H and O–H groups in total. The van der Waals surface area contributed by atoms with Gasteiger partial charge in [-0.1, -0.05) is 0 Å². The normalized spacial score (nSPS) is 45.4. The van der Waals surface area contributed by atoms with Crippen molar-refractivity contribution in [3.63, 3.8) is 0 Å². The summed E-state index contributed by atoms with van der Waals surface area (Å²) >= 11 is 0. The van der Waals surface area contributed by atoms with Crippen molar-refractivity contribution in [3.05, 3.63) is 0 Å². The number of rotatable bonds is 3. The number of ketones is 4. The molecule has 0 saturated heterocycles. The molecule has 4 fully saturated rings. The third-order valence-electron chi connectivity index (χ3n) is 6.11. The largest absolute Gasteiger partial charge is 0.299 e. The highest BCUT2D eigenvalue weighted by Gasteiger charge is 2.56. The van der Waals surface area contributed by atoms with Crippen molar-refractivity contribution in [1.82, 2.24) is 0 Å². The van der Waals surface area contributed by atoms with E-state index < -0.39 is 23.4 Å². The Balaban J connectivity index is 1.56. The van der Waals surface area contributed by atoms with Crippen LogP contribution in [-0.4, -0.2) is 23.1 Å². The van der Waals surface area contributed by atoms with Crippen molar-refractivity contribution >= 4 is 23.1 Å². The van der Waals surface area contributed by atoms with Crippen LogP contribution in [-0.2, 0) is 19.2 Å². The van der Waals surface area contributed by atoms with E-state index in [2.05, 4.69) is 0 Å². The molecule has 4 aliphatic carbocycles. The molecular formula is C16H18O4. The molecule has 4 heteroatoms. The van der Waals surface area contributed by atoms with Crippen LogP contribution in [0.4, 0.5) is 0 Å². The van der Waals surface area contributed by atoms with Gasteiger partial charge in [0.2, 0.25) is 11.6 Å². The van der Waals surface area contributed by atoms with Crippen LogP contribution in [0.2, 0.25) is 0 Å². The highest BCUT2D eigenvalue weighted by molar-refractivity contribution is 6.45. The van der Waals surface area contributed by atoms with E-state index in [1.165, 1.54) is 0 Å². The second-order valence-electron chi connectivity index (χ2n) is 7.03. The molecular weight excluding hydrogens is 256 g/mol. The summed E-state index contributed by atoms with van der Waals surface area (Å²) in [4.78, 5) is 49.1. The van der Waals surface area contributed by atoms with Gasteiger partial charge in [-0.25, -0.2) is 0 Å². The minimum absolute atomic E-state index is 0.00233. The Hall–Kier alpha value is -1.32. The molecule has 0 aromatic carbocycles. The van der Waals surface area contributed by atoms with Gasteiger partial charge in [-0.15, -0.1) is 0 Å². The molecule has 4 bridgehead atoms. The van der Waals surface area contributed by atoms with Crippen LogP contribution in [0.1, 0.15) is 38.5 Å². The van der Waals surface area contributed by atoms with Crippen molar-refractivity contribution in [2.75, 3.05) is 0 Å². The maximum Gasteiger partial charge on any atom is 0.209 e. The Labute approximate surface area is 117 Å². The number of fused-ring (bicyclic) bond motifs is 4. The van der Waals surface area contributed by atoms with E-state index in [-0.39, 0.29) is 35.2 Å². The first-order chi connectivity index (χ1) is 9.58. The zero-order chi connectivity index (χ0) is 14.0. The molecule has 0 amide bonds. The van der Waals surface area contributed by atoms with Crippen molar-refractivity contribution in [2.45, 2.75) is 38.5 Å². The van der Waals surface area contributed by atoms with E-state index in [1.807, 2.05) is 0 Å². The number of hydrogen-bond donors (Lipinski definition) is 0. The van der Waals surface area contributed by atoms with Crippen LogP contribution in [0.3, 0.4) is 0 Å². The van der Waals surface area contributed by atoms with Crippen LogP contribution < -0.4 is 0 Å². The fourth-order valence-corrected chi connectivity index (χ4v) is 5.12. The van der Waals surface area contributed by atoms with Crippen LogP contribution in [0.5, 0.6) is 0 Å². The zero-order valence-corrected chi connectivity index (χ0v) is 11.3. The number of carbonyl (C=O) groups is 4. The minimum atomic E-state index is -0.715. The van der Waals surface area contributed by atoms with Crippen LogP contribution in [0.15, 0.2) is 0 Å². The van der Waals surface area contributed by atoms with Crippen LogP contribution in [0, 0.1) is 35.5 Å². The van der Waals surface area contributed by atoms with E-state index >= 15 is 0 Å². The summed E-state index contributed by atoms with van der Waals surface area (Å²) in [5.74, 6) is -2.46. The summed E-state index contributed by atoms with van der Waals surface area (Å²) < 4.78 is 0. The zero-order valence-electron chi connectivity index (χ0n) is 11.3. The molecule has 0 heterocycles. The summed E-state index contributed by atoms with van der Waals surface area (Å²) in [6, 6.07) is 0. The first-order valence-corrected chi connectivity index (χ1v) is 7.73. The van der Waals surface area contributed by atoms with E-state index in [1.54, 1.807) is 0 Å². The Kier molecular flexibility index (Phi) is 2.54. The van der Waals surface area contributed by atoms with E-state index in [0.29, 0.717) is 0 Å². The highest BCUT2D eigenvalue weighted by atomic mass is 16.2. The standard InChI is InChI=1S/C16H18O4/c17-13-9-3-1-7(5-9)11(13)15(19)16(20)12-8-2-4-10(6-8)14(12)18/h7-12H,1-6H2. The summed E-state index contributed by atoms with van der Waals surface area (Å²) in [6.45, 7) is 0. The molecule has 4 saturated carbocycles. The number of hydrogen-bond acceptors (Lipinski definition) is 4. The van der Waals surface area contributed by atoms with Gasteiger partial charge in [0.1, 0.15) is 11.6 Å².